The summed E-state index contributed by atoms with van der Waals surface area (Å²) in [6.45, 7) is 6.93. The lowest BCUT2D eigenvalue weighted by molar-refractivity contribution is 0.0683. The highest BCUT2D eigenvalue weighted by atomic mass is 16.5. The molecule has 1 rings (SSSR count). The highest BCUT2D eigenvalue weighted by Crippen LogP contribution is 2.34. The van der Waals surface area contributed by atoms with E-state index in [2.05, 4.69) is 13.5 Å². The molecule has 1 heteroatoms. The van der Waals surface area contributed by atoms with Crippen LogP contribution in [-0.4, -0.2) is 12.7 Å². The van der Waals surface area contributed by atoms with Gasteiger partial charge in [0, 0.05) is 6.61 Å². The predicted octanol–water partition coefficient (Wildman–Crippen LogP) is 3.16. The molecule has 0 amide bonds. The van der Waals surface area contributed by atoms with Crippen molar-refractivity contribution in [3.05, 3.63) is 12.7 Å². The molecule has 0 heterocycles. The van der Waals surface area contributed by atoms with Gasteiger partial charge in [-0.25, -0.2) is 0 Å². The zero-order valence-electron chi connectivity index (χ0n) is 8.09. The Morgan fingerprint density at radius 3 is 2.75 bits per heavy atom. The Bertz CT molecular complexity index is 127. The summed E-state index contributed by atoms with van der Waals surface area (Å²) < 4.78 is 5.70. The molecule has 0 aliphatic heterocycles. The highest BCUT2D eigenvalue weighted by Gasteiger charge is 2.29. The average molecular weight is 168 g/mol. The molecule has 0 N–H and O–H groups in total. The first kappa shape index (κ1) is 9.79. The first-order valence-electron chi connectivity index (χ1n) is 5.12. The third-order valence-corrected chi connectivity index (χ3v) is 2.38. The van der Waals surface area contributed by atoms with Gasteiger partial charge in [0.1, 0.15) is 0 Å². The van der Waals surface area contributed by atoms with E-state index in [1.54, 1.807) is 0 Å². The van der Waals surface area contributed by atoms with Crippen molar-refractivity contribution in [2.45, 2.75) is 45.1 Å². The fourth-order valence-electron chi connectivity index (χ4n) is 1.39. The Labute approximate surface area is 75.8 Å². The zero-order valence-corrected chi connectivity index (χ0v) is 8.09. The molecular formula is C11H20O. The summed E-state index contributed by atoms with van der Waals surface area (Å²) in [5, 5.41) is 0. The van der Waals surface area contributed by atoms with Crippen LogP contribution in [0.25, 0.3) is 0 Å². The van der Waals surface area contributed by atoms with Crippen molar-refractivity contribution in [1.82, 2.24) is 0 Å². The molecule has 1 fully saturated rings. The molecular weight excluding hydrogens is 148 g/mol. The zero-order chi connectivity index (χ0) is 8.81. The van der Waals surface area contributed by atoms with E-state index in [1.807, 2.05) is 6.08 Å². The van der Waals surface area contributed by atoms with E-state index in [0.29, 0.717) is 6.10 Å². The topological polar surface area (TPSA) is 9.23 Å². The van der Waals surface area contributed by atoms with Gasteiger partial charge in [-0.3, -0.25) is 0 Å². The second kappa shape index (κ2) is 5.36. The summed E-state index contributed by atoms with van der Waals surface area (Å²) in [7, 11) is 0. The van der Waals surface area contributed by atoms with Crippen molar-refractivity contribution in [2.24, 2.45) is 5.92 Å². The number of hydrogen-bond donors (Lipinski definition) is 0. The fourth-order valence-corrected chi connectivity index (χ4v) is 1.39. The van der Waals surface area contributed by atoms with Gasteiger partial charge in [0.25, 0.3) is 0 Å². The lowest BCUT2D eigenvalue weighted by atomic mass is 10.2. The lowest BCUT2D eigenvalue weighted by Crippen LogP contribution is -2.12. The minimum Gasteiger partial charge on any atom is -0.374 e. The van der Waals surface area contributed by atoms with E-state index >= 15 is 0 Å². The number of unbranched alkanes of at least 4 members (excludes halogenated alkanes) is 2. The van der Waals surface area contributed by atoms with Gasteiger partial charge in [-0.05, 0) is 25.2 Å². The number of rotatable bonds is 7. The fraction of sp³-hybridized carbons (Fsp3) is 0.818. The van der Waals surface area contributed by atoms with Crippen LogP contribution in [0.3, 0.4) is 0 Å². The second-order valence-corrected chi connectivity index (χ2v) is 3.62. The minimum absolute atomic E-state index is 0.349. The largest absolute Gasteiger partial charge is 0.374 e. The van der Waals surface area contributed by atoms with E-state index in [1.165, 1.54) is 32.1 Å². The monoisotopic (exact) mass is 168 g/mol. The maximum Gasteiger partial charge on any atom is 0.0781 e. The van der Waals surface area contributed by atoms with Crippen LogP contribution < -0.4 is 0 Å². The van der Waals surface area contributed by atoms with Crippen LogP contribution in [0.2, 0.25) is 0 Å². The molecule has 1 nitrogen and oxygen atoms in total. The molecule has 1 unspecified atom stereocenters. The maximum atomic E-state index is 5.70. The molecule has 0 aromatic carbocycles. The van der Waals surface area contributed by atoms with Crippen LogP contribution in [0.1, 0.15) is 39.0 Å². The highest BCUT2D eigenvalue weighted by molar-refractivity contribution is 4.92. The molecule has 1 saturated carbocycles. The van der Waals surface area contributed by atoms with Gasteiger partial charge in [-0.1, -0.05) is 25.8 Å². The standard InChI is InChI=1S/C11H20O/c1-3-5-6-9-12-11(4-2)10-7-8-10/h4,10-11H,2-3,5-9H2,1H3. The van der Waals surface area contributed by atoms with E-state index in [0.717, 1.165) is 12.5 Å². The third-order valence-electron chi connectivity index (χ3n) is 2.38. The molecule has 1 aliphatic carbocycles. The van der Waals surface area contributed by atoms with Crippen molar-refractivity contribution in [1.29, 1.82) is 0 Å². The molecule has 70 valence electrons. The van der Waals surface area contributed by atoms with Crippen LogP contribution in [0.15, 0.2) is 12.7 Å². The maximum absolute atomic E-state index is 5.70. The molecule has 1 aliphatic rings. The summed E-state index contributed by atoms with van der Waals surface area (Å²) in [6.07, 6.45) is 8.74. The summed E-state index contributed by atoms with van der Waals surface area (Å²) >= 11 is 0. The number of hydrogen-bond acceptors (Lipinski definition) is 1. The summed E-state index contributed by atoms with van der Waals surface area (Å²) in [5.41, 5.74) is 0. The van der Waals surface area contributed by atoms with Crippen molar-refractivity contribution >= 4 is 0 Å². The van der Waals surface area contributed by atoms with E-state index in [-0.39, 0.29) is 0 Å². The van der Waals surface area contributed by atoms with Crippen molar-refractivity contribution < 1.29 is 4.74 Å². The lowest BCUT2D eigenvalue weighted by Gasteiger charge is -2.12. The molecule has 0 radical (unpaired) electrons. The van der Waals surface area contributed by atoms with Gasteiger partial charge in [0.05, 0.1) is 6.10 Å². The van der Waals surface area contributed by atoms with Crippen molar-refractivity contribution in [3.63, 3.8) is 0 Å². The first-order valence-corrected chi connectivity index (χ1v) is 5.12. The van der Waals surface area contributed by atoms with E-state index in [9.17, 15) is 0 Å². The second-order valence-electron chi connectivity index (χ2n) is 3.62. The SMILES string of the molecule is C=CC(OCCCCC)C1CC1. The third kappa shape index (κ3) is 3.40. The smallest absolute Gasteiger partial charge is 0.0781 e. The Morgan fingerprint density at radius 2 is 2.25 bits per heavy atom. The van der Waals surface area contributed by atoms with E-state index < -0.39 is 0 Å². The van der Waals surface area contributed by atoms with Crippen LogP contribution in [-0.2, 0) is 4.74 Å². The van der Waals surface area contributed by atoms with Gasteiger partial charge in [-0.15, -0.1) is 6.58 Å². The van der Waals surface area contributed by atoms with Gasteiger partial charge in [0.2, 0.25) is 0 Å². The van der Waals surface area contributed by atoms with Crippen molar-refractivity contribution in [3.8, 4) is 0 Å². The predicted molar refractivity (Wildman–Crippen MR) is 52.2 cm³/mol. The number of ether oxygens (including phenoxy) is 1. The Morgan fingerprint density at radius 1 is 1.50 bits per heavy atom. The van der Waals surface area contributed by atoms with Crippen LogP contribution in [0.5, 0.6) is 0 Å². The average Bonchev–Trinajstić information content (AvgIpc) is 2.88. The quantitative estimate of drug-likeness (QED) is 0.419. The van der Waals surface area contributed by atoms with Crippen LogP contribution in [0, 0.1) is 5.92 Å². The Kier molecular flexibility index (Phi) is 4.37. The van der Waals surface area contributed by atoms with Gasteiger partial charge in [-0.2, -0.15) is 0 Å². The van der Waals surface area contributed by atoms with Gasteiger partial charge < -0.3 is 4.74 Å². The molecule has 1 atom stereocenters. The van der Waals surface area contributed by atoms with Crippen LogP contribution >= 0.6 is 0 Å². The molecule has 0 aromatic rings. The van der Waals surface area contributed by atoms with E-state index in [4.69, 9.17) is 4.74 Å². The normalized spacial score (nSPS) is 19.1. The molecule has 0 spiro atoms. The summed E-state index contributed by atoms with van der Waals surface area (Å²) in [5.74, 6) is 0.795. The minimum atomic E-state index is 0.349. The summed E-state index contributed by atoms with van der Waals surface area (Å²) in [4.78, 5) is 0. The molecule has 0 aromatic heterocycles. The Hall–Kier alpha value is -0.300. The van der Waals surface area contributed by atoms with Gasteiger partial charge >= 0.3 is 0 Å². The van der Waals surface area contributed by atoms with Crippen LogP contribution in [0.4, 0.5) is 0 Å². The first-order chi connectivity index (χ1) is 5.88. The molecule has 12 heavy (non-hydrogen) atoms. The molecule has 0 saturated heterocycles. The van der Waals surface area contributed by atoms with Crippen molar-refractivity contribution in [2.75, 3.05) is 6.61 Å². The van der Waals surface area contributed by atoms with Gasteiger partial charge in [0.15, 0.2) is 0 Å². The molecule has 0 bridgehead atoms. The summed E-state index contributed by atoms with van der Waals surface area (Å²) in [6, 6.07) is 0. The Balaban J connectivity index is 1.99.